The van der Waals surface area contributed by atoms with Crippen molar-refractivity contribution in [2.45, 2.75) is 19.8 Å². The number of anilines is 1. The third kappa shape index (κ3) is 5.07. The fraction of sp³-hybridized carbons (Fsp3) is 0.192. The van der Waals surface area contributed by atoms with Crippen LogP contribution >= 0.6 is 0 Å². The monoisotopic (exact) mass is 410 g/mol. The van der Waals surface area contributed by atoms with Crippen LogP contribution in [0.1, 0.15) is 22.3 Å². The minimum absolute atomic E-state index is 0.112. The highest BCUT2D eigenvalue weighted by Crippen LogP contribution is 2.13. The lowest BCUT2D eigenvalue weighted by Crippen LogP contribution is -2.23. The van der Waals surface area contributed by atoms with Gasteiger partial charge in [0.15, 0.2) is 0 Å². The molecular formula is C26H26N4O. The number of hydrogen-bond acceptors (Lipinski definition) is 4. The van der Waals surface area contributed by atoms with Gasteiger partial charge in [0.2, 0.25) is 0 Å². The molecule has 2 heterocycles. The molecule has 4 rings (SSSR count). The maximum atomic E-state index is 13.2. The van der Waals surface area contributed by atoms with E-state index in [4.69, 9.17) is 4.98 Å². The Labute approximate surface area is 182 Å². The van der Waals surface area contributed by atoms with E-state index < -0.39 is 0 Å². The molecular weight excluding hydrogens is 384 g/mol. The zero-order valence-corrected chi connectivity index (χ0v) is 17.7. The van der Waals surface area contributed by atoms with Crippen LogP contribution in [0.4, 0.5) is 5.82 Å². The van der Waals surface area contributed by atoms with Crippen LogP contribution in [-0.4, -0.2) is 28.7 Å². The van der Waals surface area contributed by atoms with Gasteiger partial charge in [0, 0.05) is 25.5 Å². The summed E-state index contributed by atoms with van der Waals surface area (Å²) in [6.07, 6.45) is 5.10. The predicted molar refractivity (Wildman–Crippen MR) is 127 cm³/mol. The highest BCUT2D eigenvalue weighted by molar-refractivity contribution is 5.86. The molecule has 0 saturated heterocycles. The van der Waals surface area contributed by atoms with Crippen LogP contribution in [0, 0.1) is 6.92 Å². The van der Waals surface area contributed by atoms with E-state index in [2.05, 4.69) is 34.6 Å². The Morgan fingerprint density at radius 1 is 0.935 bits per heavy atom. The Bertz CT molecular complexity index is 1230. The molecule has 0 atom stereocenters. The summed E-state index contributed by atoms with van der Waals surface area (Å²) in [6.45, 7) is 3.26. The Kier molecular flexibility index (Phi) is 6.53. The van der Waals surface area contributed by atoms with Crippen molar-refractivity contribution in [3.8, 4) is 0 Å². The smallest absolute Gasteiger partial charge is 0.268 e. The molecule has 4 aromatic rings. The van der Waals surface area contributed by atoms with Gasteiger partial charge < -0.3 is 5.32 Å². The van der Waals surface area contributed by atoms with Crippen molar-refractivity contribution in [3.05, 3.63) is 112 Å². The maximum Gasteiger partial charge on any atom is 0.268 e. The zero-order valence-electron chi connectivity index (χ0n) is 17.7. The van der Waals surface area contributed by atoms with E-state index in [0.717, 1.165) is 18.4 Å². The van der Waals surface area contributed by atoms with E-state index in [1.54, 1.807) is 16.8 Å². The molecule has 0 bridgehead atoms. The lowest BCUT2D eigenvalue weighted by Gasteiger charge is -2.12. The van der Waals surface area contributed by atoms with Crippen molar-refractivity contribution in [1.29, 1.82) is 0 Å². The summed E-state index contributed by atoms with van der Waals surface area (Å²) >= 11 is 0. The minimum Gasteiger partial charge on any atom is -0.369 e. The molecule has 2 aromatic carbocycles. The fourth-order valence-corrected chi connectivity index (χ4v) is 3.53. The summed E-state index contributed by atoms with van der Waals surface area (Å²) < 4.78 is 1.59. The standard InChI is InChI=1S/C26H26N4O/c1-20-9-8-18-30-25(20)29-24(28-17-15-22-12-6-3-7-13-22)23(26(30)31)19-27-16-14-21-10-4-2-5-11-21/h2-13,18-19,28H,14-17H2,1H3. The van der Waals surface area contributed by atoms with E-state index in [1.807, 2.05) is 55.5 Å². The quantitative estimate of drug-likeness (QED) is 0.440. The summed E-state index contributed by atoms with van der Waals surface area (Å²) in [5.41, 5.74) is 4.46. The third-order valence-corrected chi connectivity index (χ3v) is 5.23. The molecule has 5 nitrogen and oxygen atoms in total. The van der Waals surface area contributed by atoms with Crippen molar-refractivity contribution in [2.75, 3.05) is 18.4 Å². The lowest BCUT2D eigenvalue weighted by molar-refractivity contribution is 0.964. The molecule has 0 spiro atoms. The number of benzene rings is 2. The van der Waals surface area contributed by atoms with Crippen LogP contribution < -0.4 is 10.9 Å². The first-order valence-corrected chi connectivity index (χ1v) is 10.6. The van der Waals surface area contributed by atoms with E-state index >= 15 is 0 Å². The Hall–Kier alpha value is -3.73. The van der Waals surface area contributed by atoms with Gasteiger partial charge in [0.25, 0.3) is 5.56 Å². The molecule has 0 unspecified atom stereocenters. The second-order valence-corrected chi connectivity index (χ2v) is 7.50. The van der Waals surface area contributed by atoms with Gasteiger partial charge in [-0.25, -0.2) is 4.98 Å². The molecule has 5 heteroatoms. The predicted octanol–water partition coefficient (Wildman–Crippen LogP) is 4.32. The maximum absolute atomic E-state index is 13.2. The number of aromatic nitrogens is 2. The molecule has 0 saturated carbocycles. The average molecular weight is 411 g/mol. The SMILES string of the molecule is Cc1cccn2c(=O)c(C=NCCc3ccccc3)c(NCCc3ccccc3)nc12. The van der Waals surface area contributed by atoms with Crippen LogP contribution in [0.2, 0.25) is 0 Å². The molecule has 0 aliphatic rings. The van der Waals surface area contributed by atoms with Crippen molar-refractivity contribution in [3.63, 3.8) is 0 Å². The van der Waals surface area contributed by atoms with Crippen LogP contribution in [0.15, 0.2) is 88.8 Å². The molecule has 2 aromatic heterocycles. The number of nitrogens with zero attached hydrogens (tertiary/aromatic N) is 3. The second-order valence-electron chi connectivity index (χ2n) is 7.50. The van der Waals surface area contributed by atoms with E-state index in [1.165, 1.54) is 11.1 Å². The van der Waals surface area contributed by atoms with Gasteiger partial charge in [0.1, 0.15) is 17.0 Å². The molecule has 31 heavy (non-hydrogen) atoms. The van der Waals surface area contributed by atoms with Gasteiger partial charge in [-0.2, -0.15) is 0 Å². The highest BCUT2D eigenvalue weighted by atomic mass is 16.1. The molecule has 0 radical (unpaired) electrons. The first kappa shape index (κ1) is 20.5. The first-order valence-electron chi connectivity index (χ1n) is 10.6. The largest absolute Gasteiger partial charge is 0.369 e. The van der Waals surface area contributed by atoms with Crippen molar-refractivity contribution >= 4 is 17.7 Å². The summed E-state index contributed by atoms with van der Waals surface area (Å²) in [7, 11) is 0. The molecule has 156 valence electrons. The van der Waals surface area contributed by atoms with Gasteiger partial charge in [-0.1, -0.05) is 66.7 Å². The number of aliphatic imine (C=N–C) groups is 1. The summed E-state index contributed by atoms with van der Waals surface area (Å²) in [6, 6.07) is 24.3. The highest BCUT2D eigenvalue weighted by Gasteiger charge is 2.12. The molecule has 0 aliphatic heterocycles. The molecule has 1 N–H and O–H groups in total. The number of aryl methyl sites for hydroxylation is 1. The van der Waals surface area contributed by atoms with E-state index in [9.17, 15) is 4.79 Å². The van der Waals surface area contributed by atoms with Crippen molar-refractivity contribution in [1.82, 2.24) is 9.38 Å². The lowest BCUT2D eigenvalue weighted by atomic mass is 10.1. The van der Waals surface area contributed by atoms with Gasteiger partial charge >= 0.3 is 0 Å². The Morgan fingerprint density at radius 2 is 1.61 bits per heavy atom. The van der Waals surface area contributed by atoms with Crippen LogP contribution in [0.5, 0.6) is 0 Å². The fourth-order valence-electron chi connectivity index (χ4n) is 3.53. The van der Waals surface area contributed by atoms with E-state index in [0.29, 0.717) is 30.1 Å². The van der Waals surface area contributed by atoms with E-state index in [-0.39, 0.29) is 5.56 Å². The van der Waals surface area contributed by atoms with Crippen LogP contribution in [-0.2, 0) is 12.8 Å². The zero-order chi connectivity index (χ0) is 21.5. The summed E-state index contributed by atoms with van der Waals surface area (Å²) in [5, 5.41) is 3.36. The first-order chi connectivity index (χ1) is 15.2. The van der Waals surface area contributed by atoms with Gasteiger partial charge in [-0.05, 0) is 42.5 Å². The number of fused-ring (bicyclic) bond motifs is 1. The van der Waals surface area contributed by atoms with Gasteiger partial charge in [-0.3, -0.25) is 14.2 Å². The number of pyridine rings is 1. The Balaban J connectivity index is 1.58. The molecule has 0 aliphatic carbocycles. The molecule has 0 amide bonds. The normalized spacial score (nSPS) is 11.3. The van der Waals surface area contributed by atoms with Crippen LogP contribution in [0.3, 0.4) is 0 Å². The minimum atomic E-state index is -0.112. The van der Waals surface area contributed by atoms with Crippen LogP contribution in [0.25, 0.3) is 5.65 Å². The second kappa shape index (κ2) is 9.85. The van der Waals surface area contributed by atoms with Crippen molar-refractivity contribution < 1.29 is 0 Å². The Morgan fingerprint density at radius 3 is 2.32 bits per heavy atom. The number of hydrogen-bond donors (Lipinski definition) is 1. The van der Waals surface area contributed by atoms with Gasteiger partial charge in [-0.15, -0.1) is 0 Å². The summed E-state index contributed by atoms with van der Waals surface area (Å²) in [5.74, 6) is 0.582. The van der Waals surface area contributed by atoms with Crippen molar-refractivity contribution in [2.24, 2.45) is 4.99 Å². The molecule has 0 fully saturated rings. The topological polar surface area (TPSA) is 58.8 Å². The summed E-state index contributed by atoms with van der Waals surface area (Å²) in [4.78, 5) is 22.5. The number of rotatable bonds is 8. The van der Waals surface area contributed by atoms with Gasteiger partial charge in [0.05, 0.1) is 0 Å². The average Bonchev–Trinajstić information content (AvgIpc) is 2.80. The number of nitrogens with one attached hydrogen (secondary N) is 1. The third-order valence-electron chi connectivity index (χ3n) is 5.23.